The summed E-state index contributed by atoms with van der Waals surface area (Å²) in [4.78, 5) is 59.1. The van der Waals surface area contributed by atoms with Crippen LogP contribution in [0.4, 0.5) is 9.59 Å². The first-order valence-electron chi connectivity index (χ1n) is 10.8. The summed E-state index contributed by atoms with van der Waals surface area (Å²) in [6, 6.07) is 0. The van der Waals surface area contributed by atoms with Crippen LogP contribution in [0.15, 0.2) is 24.3 Å². The Kier molecular flexibility index (Phi) is 16.8. The molecule has 198 valence electrons. The van der Waals surface area contributed by atoms with Gasteiger partial charge in [0, 0.05) is 30.8 Å². The number of nitrogens with zero attached hydrogens (tertiary/aromatic N) is 1. The molecule has 0 aliphatic heterocycles. The number of nitrogens with one attached hydrogen (secondary N) is 2. The van der Waals surface area contributed by atoms with E-state index in [2.05, 4.69) is 28.5 Å². The van der Waals surface area contributed by atoms with Gasteiger partial charge in [-0.25, -0.2) is 19.2 Å². The molecule has 0 aromatic heterocycles. The lowest BCUT2D eigenvalue weighted by atomic mass is 10.3. The fraction of sp³-hybridized carbons (Fsp3) is 0.591. The maximum Gasteiger partial charge on any atom is 0.407 e. The van der Waals surface area contributed by atoms with Crippen LogP contribution in [0.1, 0.15) is 20.3 Å². The average Bonchev–Trinajstić information content (AvgIpc) is 2.81. The van der Waals surface area contributed by atoms with Gasteiger partial charge in [0.25, 0.3) is 0 Å². The number of rotatable bonds is 17. The van der Waals surface area contributed by atoms with Crippen molar-refractivity contribution in [2.75, 3.05) is 66.3 Å². The summed E-state index contributed by atoms with van der Waals surface area (Å²) in [5, 5.41) is 4.86. The molecule has 0 unspecified atom stereocenters. The van der Waals surface area contributed by atoms with Gasteiger partial charge in [0.15, 0.2) is 0 Å². The predicted octanol–water partition coefficient (Wildman–Crippen LogP) is 0.543. The van der Waals surface area contributed by atoms with Crippen LogP contribution in [0.5, 0.6) is 0 Å². The van der Waals surface area contributed by atoms with E-state index in [0.29, 0.717) is 0 Å². The minimum atomic E-state index is -0.702. The van der Waals surface area contributed by atoms with Gasteiger partial charge in [-0.15, -0.1) is 0 Å². The second-order valence-corrected chi connectivity index (χ2v) is 7.13. The number of hydrogen-bond acceptors (Lipinski definition) is 11. The molecule has 0 heterocycles. The molecule has 0 aliphatic rings. The molecule has 0 aromatic rings. The van der Waals surface area contributed by atoms with Crippen molar-refractivity contribution in [3.8, 4) is 0 Å². The number of esters is 3. The zero-order valence-electron chi connectivity index (χ0n) is 20.5. The molecule has 2 N–H and O–H groups in total. The zero-order valence-corrected chi connectivity index (χ0v) is 20.5. The van der Waals surface area contributed by atoms with Gasteiger partial charge in [-0.2, -0.15) is 0 Å². The van der Waals surface area contributed by atoms with Crippen LogP contribution in [0, 0.1) is 0 Å². The normalized spacial score (nSPS) is 10.1. The van der Waals surface area contributed by atoms with Crippen molar-refractivity contribution < 1.29 is 47.7 Å². The van der Waals surface area contributed by atoms with E-state index in [1.807, 2.05) is 0 Å². The summed E-state index contributed by atoms with van der Waals surface area (Å²) < 4.78 is 24.4. The SMILES string of the molecule is C=C(C)C(=O)OCCNC(=O)OCCN(CCOC(=O)NCCOC(=O)C(=C)C)CCC(=O)OC. The van der Waals surface area contributed by atoms with Crippen LogP contribution in [-0.2, 0) is 38.1 Å². The maximum absolute atomic E-state index is 11.7. The minimum Gasteiger partial charge on any atom is -0.469 e. The molecular weight excluding hydrogens is 466 g/mol. The Labute approximate surface area is 204 Å². The molecule has 0 spiro atoms. The topological polar surface area (TPSA) is 159 Å². The molecule has 13 heteroatoms. The molecular formula is C22H35N3O10. The van der Waals surface area contributed by atoms with Gasteiger partial charge >= 0.3 is 30.1 Å². The molecule has 0 fully saturated rings. The first-order valence-corrected chi connectivity index (χ1v) is 10.8. The molecule has 13 nitrogen and oxygen atoms in total. The summed E-state index contributed by atoms with van der Waals surface area (Å²) in [6.45, 7) is 10.8. The van der Waals surface area contributed by atoms with Crippen LogP contribution in [0.2, 0.25) is 0 Å². The molecule has 0 aliphatic carbocycles. The fourth-order valence-corrected chi connectivity index (χ4v) is 2.16. The highest BCUT2D eigenvalue weighted by atomic mass is 16.6. The first-order chi connectivity index (χ1) is 16.6. The Morgan fingerprint density at radius 3 is 1.49 bits per heavy atom. The fourth-order valence-electron chi connectivity index (χ4n) is 2.16. The Bertz CT molecular complexity index is 702. The Hall–Kier alpha value is -3.61. The third kappa shape index (κ3) is 17.5. The number of carbonyl (C=O) groups is 5. The average molecular weight is 502 g/mol. The highest BCUT2D eigenvalue weighted by Crippen LogP contribution is 1.96. The molecule has 0 saturated heterocycles. The van der Waals surface area contributed by atoms with E-state index in [4.69, 9.17) is 18.9 Å². The van der Waals surface area contributed by atoms with Crippen LogP contribution in [0.3, 0.4) is 0 Å². The molecule has 0 saturated carbocycles. The second kappa shape index (κ2) is 18.8. The number of hydrogen-bond donors (Lipinski definition) is 2. The molecule has 0 rings (SSSR count). The summed E-state index contributed by atoms with van der Waals surface area (Å²) >= 11 is 0. The number of alkyl carbamates (subject to hydrolysis) is 2. The largest absolute Gasteiger partial charge is 0.469 e. The van der Waals surface area contributed by atoms with E-state index in [9.17, 15) is 24.0 Å². The lowest BCUT2D eigenvalue weighted by Crippen LogP contribution is -2.37. The summed E-state index contributed by atoms with van der Waals surface area (Å²) in [5.74, 6) is -1.52. The van der Waals surface area contributed by atoms with E-state index in [-0.39, 0.29) is 76.7 Å². The summed E-state index contributed by atoms with van der Waals surface area (Å²) in [5.41, 5.74) is 0.510. The van der Waals surface area contributed by atoms with Gasteiger partial charge in [0.05, 0.1) is 26.6 Å². The van der Waals surface area contributed by atoms with Gasteiger partial charge in [0.1, 0.15) is 26.4 Å². The zero-order chi connectivity index (χ0) is 26.6. The smallest absolute Gasteiger partial charge is 0.407 e. The molecule has 35 heavy (non-hydrogen) atoms. The third-order valence-electron chi connectivity index (χ3n) is 4.05. The van der Waals surface area contributed by atoms with Gasteiger partial charge in [-0.05, 0) is 13.8 Å². The summed E-state index contributed by atoms with van der Waals surface area (Å²) in [6.07, 6.45) is -1.31. The molecule has 0 radical (unpaired) electrons. The second-order valence-electron chi connectivity index (χ2n) is 7.13. The molecule has 0 bridgehead atoms. The van der Waals surface area contributed by atoms with E-state index in [1.54, 1.807) is 4.90 Å². The van der Waals surface area contributed by atoms with Crippen molar-refractivity contribution in [1.29, 1.82) is 0 Å². The molecule has 0 atom stereocenters. The highest BCUT2D eigenvalue weighted by molar-refractivity contribution is 5.87. The first kappa shape index (κ1) is 31.4. The van der Waals surface area contributed by atoms with Gasteiger partial charge < -0.3 is 34.3 Å². The Morgan fingerprint density at radius 1 is 0.686 bits per heavy atom. The van der Waals surface area contributed by atoms with Crippen molar-refractivity contribution >= 4 is 30.1 Å². The number of carbonyl (C=O) groups excluding carboxylic acids is 5. The highest BCUT2D eigenvalue weighted by Gasteiger charge is 2.12. The number of ether oxygens (including phenoxy) is 5. The lowest BCUT2D eigenvalue weighted by Gasteiger charge is -2.21. The van der Waals surface area contributed by atoms with Gasteiger partial charge in [0.2, 0.25) is 0 Å². The maximum atomic E-state index is 11.7. The van der Waals surface area contributed by atoms with Crippen LogP contribution in [0.25, 0.3) is 0 Å². The molecule has 2 amide bonds. The quantitative estimate of drug-likeness (QED) is 0.124. The minimum absolute atomic E-state index is 0.00115. The van der Waals surface area contributed by atoms with E-state index in [1.165, 1.54) is 21.0 Å². The third-order valence-corrected chi connectivity index (χ3v) is 4.05. The van der Waals surface area contributed by atoms with Crippen LogP contribution < -0.4 is 10.6 Å². The van der Waals surface area contributed by atoms with Crippen molar-refractivity contribution in [3.05, 3.63) is 24.3 Å². The van der Waals surface area contributed by atoms with E-state index < -0.39 is 30.1 Å². The number of methoxy groups -OCH3 is 1. The molecule has 0 aromatic carbocycles. The van der Waals surface area contributed by atoms with Crippen molar-refractivity contribution in [1.82, 2.24) is 15.5 Å². The van der Waals surface area contributed by atoms with Crippen LogP contribution >= 0.6 is 0 Å². The van der Waals surface area contributed by atoms with Gasteiger partial charge in [-0.1, -0.05) is 13.2 Å². The van der Waals surface area contributed by atoms with Crippen molar-refractivity contribution in [2.45, 2.75) is 20.3 Å². The predicted molar refractivity (Wildman–Crippen MR) is 123 cm³/mol. The van der Waals surface area contributed by atoms with Gasteiger partial charge in [-0.3, -0.25) is 9.69 Å². The van der Waals surface area contributed by atoms with E-state index >= 15 is 0 Å². The monoisotopic (exact) mass is 501 g/mol. The van der Waals surface area contributed by atoms with Crippen molar-refractivity contribution in [2.24, 2.45) is 0 Å². The van der Waals surface area contributed by atoms with Crippen LogP contribution in [-0.4, -0.2) is 101 Å². The van der Waals surface area contributed by atoms with Crippen molar-refractivity contribution in [3.63, 3.8) is 0 Å². The number of amides is 2. The standard InChI is InChI=1S/C22H35N3O10/c1-16(2)19(27)32-12-7-23-21(29)34-14-10-25(9-6-18(26)31-5)11-15-35-22(30)24-8-13-33-20(28)17(3)4/h1,3,6-15H2,2,4-5H3,(H,23,29)(H,24,30). The summed E-state index contributed by atoms with van der Waals surface area (Å²) in [7, 11) is 1.27. The Balaban J connectivity index is 4.24. The Morgan fingerprint density at radius 2 is 1.11 bits per heavy atom. The lowest BCUT2D eigenvalue weighted by molar-refractivity contribution is -0.141. The van der Waals surface area contributed by atoms with E-state index in [0.717, 1.165) is 0 Å².